The molecule has 1 aliphatic heterocycles. The summed E-state index contributed by atoms with van der Waals surface area (Å²) in [5.41, 5.74) is 0. The van der Waals surface area contributed by atoms with Crippen molar-refractivity contribution in [2.24, 2.45) is 0 Å². The molecule has 5 nitrogen and oxygen atoms in total. The monoisotopic (exact) mass is 283 g/mol. The second-order valence-corrected chi connectivity index (χ2v) is 5.73. The van der Waals surface area contributed by atoms with Crippen molar-refractivity contribution < 1.29 is 19.4 Å². The van der Waals surface area contributed by atoms with Crippen LogP contribution in [0.5, 0.6) is 0 Å². The predicted molar refractivity (Wildman–Crippen MR) is 71.8 cm³/mol. The van der Waals surface area contributed by atoms with E-state index in [0.717, 1.165) is 37.2 Å². The molecule has 2 heterocycles. The van der Waals surface area contributed by atoms with Crippen LogP contribution in [0.4, 0.5) is 0 Å². The van der Waals surface area contributed by atoms with Crippen LogP contribution >= 0.6 is 11.3 Å². The quantitative estimate of drug-likeness (QED) is 0.918. The molecule has 0 spiro atoms. The maximum absolute atomic E-state index is 12.1. The first-order valence-electron chi connectivity index (χ1n) is 6.28. The average molecular weight is 283 g/mol. The van der Waals surface area contributed by atoms with E-state index >= 15 is 0 Å². The van der Waals surface area contributed by atoms with Gasteiger partial charge < -0.3 is 14.7 Å². The molecule has 0 aliphatic carbocycles. The van der Waals surface area contributed by atoms with Gasteiger partial charge in [0.05, 0.1) is 11.0 Å². The first-order valence-corrected chi connectivity index (χ1v) is 7.10. The fraction of sp³-hybridized carbons (Fsp3) is 0.538. The van der Waals surface area contributed by atoms with Crippen LogP contribution in [0.2, 0.25) is 0 Å². The summed E-state index contributed by atoms with van der Waals surface area (Å²) in [4.78, 5) is 25.2. The SMILES string of the molecule is CN(CC1CCCCO1)C(=O)c1ccc(C(=O)O)s1. The van der Waals surface area contributed by atoms with Gasteiger partial charge in [-0.1, -0.05) is 0 Å². The third-order valence-electron chi connectivity index (χ3n) is 3.13. The van der Waals surface area contributed by atoms with Crippen molar-refractivity contribution in [2.45, 2.75) is 25.4 Å². The minimum absolute atomic E-state index is 0.0987. The predicted octanol–water partition coefficient (Wildman–Crippen LogP) is 2.09. The van der Waals surface area contributed by atoms with E-state index in [0.29, 0.717) is 11.4 Å². The van der Waals surface area contributed by atoms with Crippen LogP contribution in [0.3, 0.4) is 0 Å². The lowest BCUT2D eigenvalue weighted by Gasteiger charge is -2.27. The van der Waals surface area contributed by atoms with Crippen molar-refractivity contribution in [1.29, 1.82) is 0 Å². The molecule has 6 heteroatoms. The highest BCUT2D eigenvalue weighted by Crippen LogP contribution is 2.19. The molecule has 0 radical (unpaired) electrons. The van der Waals surface area contributed by atoms with Gasteiger partial charge >= 0.3 is 5.97 Å². The Balaban J connectivity index is 1.95. The molecule has 104 valence electrons. The van der Waals surface area contributed by atoms with Crippen LogP contribution in [0.25, 0.3) is 0 Å². The first-order chi connectivity index (χ1) is 9.08. The van der Waals surface area contributed by atoms with Crippen LogP contribution in [0, 0.1) is 0 Å². The highest BCUT2D eigenvalue weighted by atomic mass is 32.1. The third kappa shape index (κ3) is 3.54. The molecule has 2 rings (SSSR count). The number of carboxylic acids is 1. The number of hydrogen-bond donors (Lipinski definition) is 1. The molecule has 1 saturated heterocycles. The summed E-state index contributed by atoms with van der Waals surface area (Å²) >= 11 is 1.01. The summed E-state index contributed by atoms with van der Waals surface area (Å²) in [6.45, 7) is 1.31. The van der Waals surface area contributed by atoms with Gasteiger partial charge in [-0.3, -0.25) is 4.79 Å². The lowest BCUT2D eigenvalue weighted by Crippen LogP contribution is -2.36. The van der Waals surface area contributed by atoms with Gasteiger partial charge in [0.2, 0.25) is 0 Å². The number of carboxylic acid groups (broad SMARTS) is 1. The minimum Gasteiger partial charge on any atom is -0.477 e. The molecule has 1 aromatic rings. The van der Waals surface area contributed by atoms with Crippen LogP contribution < -0.4 is 0 Å². The van der Waals surface area contributed by atoms with Gasteiger partial charge in [-0.25, -0.2) is 4.79 Å². The number of hydrogen-bond acceptors (Lipinski definition) is 4. The summed E-state index contributed by atoms with van der Waals surface area (Å²) in [5.74, 6) is -1.14. The Hall–Kier alpha value is -1.40. The van der Waals surface area contributed by atoms with E-state index in [4.69, 9.17) is 9.84 Å². The average Bonchev–Trinajstić information content (AvgIpc) is 2.88. The molecule has 1 amide bonds. The maximum atomic E-state index is 12.1. The number of amides is 1. The zero-order valence-electron chi connectivity index (χ0n) is 10.8. The largest absolute Gasteiger partial charge is 0.477 e. The summed E-state index contributed by atoms with van der Waals surface area (Å²) in [7, 11) is 1.72. The van der Waals surface area contributed by atoms with Gasteiger partial charge in [0, 0.05) is 20.2 Å². The highest BCUT2D eigenvalue weighted by Gasteiger charge is 2.21. The van der Waals surface area contributed by atoms with Crippen LogP contribution in [0.1, 0.15) is 38.6 Å². The van der Waals surface area contributed by atoms with E-state index in [1.165, 1.54) is 6.07 Å². The Morgan fingerprint density at radius 1 is 1.42 bits per heavy atom. The Morgan fingerprint density at radius 2 is 2.16 bits per heavy atom. The molecule has 1 unspecified atom stereocenters. The molecule has 0 aromatic carbocycles. The van der Waals surface area contributed by atoms with Gasteiger partial charge in [0.15, 0.2) is 0 Å². The van der Waals surface area contributed by atoms with Crippen molar-refractivity contribution in [3.63, 3.8) is 0 Å². The Labute approximate surface area is 115 Å². The van der Waals surface area contributed by atoms with Crippen LogP contribution in [0.15, 0.2) is 12.1 Å². The van der Waals surface area contributed by atoms with Crippen molar-refractivity contribution in [2.75, 3.05) is 20.2 Å². The van der Waals surface area contributed by atoms with E-state index in [9.17, 15) is 9.59 Å². The lowest BCUT2D eigenvalue weighted by molar-refractivity contribution is -0.000100. The molecule has 19 heavy (non-hydrogen) atoms. The fourth-order valence-corrected chi connectivity index (χ4v) is 2.94. The number of nitrogens with zero attached hydrogens (tertiary/aromatic N) is 1. The molecular formula is C13H17NO4S. The molecule has 1 N–H and O–H groups in total. The fourth-order valence-electron chi connectivity index (χ4n) is 2.10. The van der Waals surface area contributed by atoms with Gasteiger partial charge in [-0.05, 0) is 31.4 Å². The molecule has 0 saturated carbocycles. The lowest BCUT2D eigenvalue weighted by atomic mass is 10.1. The second-order valence-electron chi connectivity index (χ2n) is 4.64. The molecule has 1 atom stereocenters. The molecular weight excluding hydrogens is 266 g/mol. The Morgan fingerprint density at radius 3 is 2.74 bits per heavy atom. The number of ether oxygens (including phenoxy) is 1. The molecule has 1 fully saturated rings. The van der Waals surface area contributed by atoms with Crippen LogP contribution in [-0.2, 0) is 4.74 Å². The Bertz CT molecular complexity index is 465. The van der Waals surface area contributed by atoms with Gasteiger partial charge in [0.1, 0.15) is 4.88 Å². The standard InChI is InChI=1S/C13H17NO4S/c1-14(8-9-4-2-3-7-18-9)12(15)10-5-6-11(19-10)13(16)17/h5-6,9H,2-4,7-8H2,1H3,(H,16,17). The number of thiophene rings is 1. The van der Waals surface area contributed by atoms with Crippen molar-refractivity contribution in [3.05, 3.63) is 21.9 Å². The van der Waals surface area contributed by atoms with E-state index in [1.807, 2.05) is 0 Å². The summed E-state index contributed by atoms with van der Waals surface area (Å²) < 4.78 is 5.59. The van der Waals surface area contributed by atoms with E-state index in [-0.39, 0.29) is 16.9 Å². The second kappa shape index (κ2) is 6.16. The van der Waals surface area contributed by atoms with Crippen LogP contribution in [-0.4, -0.2) is 48.2 Å². The smallest absolute Gasteiger partial charge is 0.345 e. The topological polar surface area (TPSA) is 66.8 Å². The minimum atomic E-state index is -0.998. The number of rotatable bonds is 4. The van der Waals surface area contributed by atoms with E-state index in [1.54, 1.807) is 18.0 Å². The molecule has 0 bridgehead atoms. The zero-order valence-corrected chi connectivity index (χ0v) is 11.6. The summed E-state index contributed by atoms with van der Waals surface area (Å²) in [6.07, 6.45) is 3.29. The van der Waals surface area contributed by atoms with Crippen molar-refractivity contribution in [1.82, 2.24) is 4.90 Å². The van der Waals surface area contributed by atoms with Gasteiger partial charge in [0.25, 0.3) is 5.91 Å². The van der Waals surface area contributed by atoms with Gasteiger partial charge in [-0.15, -0.1) is 11.3 Å². The van der Waals surface area contributed by atoms with E-state index in [2.05, 4.69) is 0 Å². The number of likely N-dealkylation sites (N-methyl/N-ethyl adjacent to an activating group) is 1. The van der Waals surface area contributed by atoms with E-state index < -0.39 is 5.97 Å². The highest BCUT2D eigenvalue weighted by molar-refractivity contribution is 7.15. The molecule has 1 aliphatic rings. The van der Waals surface area contributed by atoms with Gasteiger partial charge in [-0.2, -0.15) is 0 Å². The zero-order chi connectivity index (χ0) is 13.8. The Kier molecular flexibility index (Phi) is 4.55. The maximum Gasteiger partial charge on any atom is 0.345 e. The number of carbonyl (C=O) groups is 2. The third-order valence-corrected chi connectivity index (χ3v) is 4.19. The normalized spacial score (nSPS) is 19.1. The number of aromatic carboxylic acids is 1. The van der Waals surface area contributed by atoms with Crippen molar-refractivity contribution >= 4 is 23.2 Å². The summed E-state index contributed by atoms with van der Waals surface area (Å²) in [5, 5.41) is 8.85. The first kappa shape index (κ1) is 14.0. The summed E-state index contributed by atoms with van der Waals surface area (Å²) in [6, 6.07) is 3.03. The van der Waals surface area contributed by atoms with Crippen molar-refractivity contribution in [3.8, 4) is 0 Å². The molecule has 1 aromatic heterocycles. The number of carbonyl (C=O) groups excluding carboxylic acids is 1.